The van der Waals surface area contributed by atoms with Crippen molar-refractivity contribution in [2.45, 2.75) is 62.9 Å². The summed E-state index contributed by atoms with van der Waals surface area (Å²) >= 11 is 0. The smallest absolute Gasteiger partial charge is 0.423 e. The van der Waals surface area contributed by atoms with E-state index in [1.165, 1.54) is 17.0 Å². The fraction of sp³-hybridized carbons (Fsp3) is 0.483. The van der Waals surface area contributed by atoms with Gasteiger partial charge in [-0.1, -0.05) is 36.4 Å². The Morgan fingerprint density at radius 2 is 1.65 bits per heavy atom. The highest BCUT2D eigenvalue weighted by molar-refractivity contribution is 6.61. The van der Waals surface area contributed by atoms with Gasteiger partial charge in [0.1, 0.15) is 0 Å². The number of Topliss-reactive ketones (excluding diaryl/α,β-unsaturated/α-hetero) is 1. The van der Waals surface area contributed by atoms with Gasteiger partial charge in [0.05, 0.1) is 23.8 Å². The third kappa shape index (κ3) is 9.86. The molecule has 8 N–H and O–H groups in total. The molecule has 10 nitrogen and oxygen atoms in total. The molecule has 234 valence electrons. The van der Waals surface area contributed by atoms with Gasteiger partial charge in [-0.25, -0.2) is 0 Å². The molecule has 2 amide bonds. The maximum atomic E-state index is 13.4. The van der Waals surface area contributed by atoms with Crippen LogP contribution >= 0.6 is 0 Å². The molecule has 2 aromatic carbocycles. The normalized spacial score (nSPS) is 16.0. The van der Waals surface area contributed by atoms with Gasteiger partial charge in [-0.05, 0) is 54.4 Å². The summed E-state index contributed by atoms with van der Waals surface area (Å²) in [6.07, 6.45) is -4.38. The van der Waals surface area contributed by atoms with Crippen molar-refractivity contribution < 1.29 is 37.2 Å². The first-order valence-corrected chi connectivity index (χ1v) is 14.3. The van der Waals surface area contributed by atoms with Gasteiger partial charge in [0.2, 0.25) is 11.8 Å². The van der Waals surface area contributed by atoms with Crippen LogP contribution in [0.25, 0.3) is 0 Å². The number of carbonyl (C=O) groups is 3. The van der Waals surface area contributed by atoms with Crippen LogP contribution in [0.15, 0.2) is 48.5 Å². The molecule has 0 bridgehead atoms. The molecule has 1 aliphatic rings. The summed E-state index contributed by atoms with van der Waals surface area (Å²) < 4.78 is 44.5. The fourth-order valence-corrected chi connectivity index (χ4v) is 5.01. The van der Waals surface area contributed by atoms with Gasteiger partial charge in [0.15, 0.2) is 5.78 Å². The number of halogens is 3. The molecule has 43 heavy (non-hydrogen) atoms. The highest BCUT2D eigenvalue weighted by Gasteiger charge is 2.35. The number of fused-ring (bicyclic) bond motifs is 1. The van der Waals surface area contributed by atoms with Gasteiger partial charge in [0.25, 0.3) is 0 Å². The summed E-state index contributed by atoms with van der Waals surface area (Å²) in [4.78, 5) is 40.4. The van der Waals surface area contributed by atoms with Gasteiger partial charge in [-0.3, -0.25) is 14.4 Å². The standard InChI is InChI=1S/C29H39BF3N5O5/c31-29(32,33)20-8-5-19(6-9-20)7-11-24(25(39)12-13-26-21-3-1-2-4-22(21)30(42)43-26)37-28(41)23(36)10-14-27(40)38(17-15-34)18-16-35/h1-6,8-9,23-24,26,42H,7,10-18,34-36H2,(H,37,41)/t23-,24+,26+/m0/s1. The van der Waals surface area contributed by atoms with E-state index in [1.807, 2.05) is 6.07 Å². The van der Waals surface area contributed by atoms with Crippen LogP contribution in [0.1, 0.15) is 54.9 Å². The lowest BCUT2D eigenvalue weighted by molar-refractivity contribution is -0.137. The van der Waals surface area contributed by atoms with Crippen molar-refractivity contribution in [1.82, 2.24) is 10.2 Å². The van der Waals surface area contributed by atoms with E-state index in [0.717, 1.165) is 17.7 Å². The van der Waals surface area contributed by atoms with Crippen LogP contribution in [0.5, 0.6) is 0 Å². The number of nitrogens with zero attached hydrogens (tertiary/aromatic N) is 1. The summed E-state index contributed by atoms with van der Waals surface area (Å²) in [6, 6.07) is 9.68. The first-order chi connectivity index (χ1) is 20.4. The first-order valence-electron chi connectivity index (χ1n) is 14.3. The zero-order chi connectivity index (χ0) is 31.6. The number of hydrogen-bond acceptors (Lipinski definition) is 8. The Hall–Kier alpha value is -3.30. The van der Waals surface area contributed by atoms with Gasteiger partial charge in [0, 0.05) is 39.0 Å². The Labute approximate surface area is 249 Å². The molecule has 1 heterocycles. The molecule has 3 atom stereocenters. The monoisotopic (exact) mass is 605 g/mol. The summed E-state index contributed by atoms with van der Waals surface area (Å²) in [5, 5.41) is 12.9. The van der Waals surface area contributed by atoms with Crippen molar-refractivity contribution >= 4 is 30.2 Å². The van der Waals surface area contributed by atoms with Crippen LogP contribution in [-0.4, -0.2) is 72.9 Å². The van der Waals surface area contributed by atoms with Gasteiger partial charge < -0.3 is 37.1 Å². The summed E-state index contributed by atoms with van der Waals surface area (Å²) in [6.45, 7) is 1.17. The molecule has 2 aromatic rings. The van der Waals surface area contributed by atoms with E-state index in [1.54, 1.807) is 18.2 Å². The predicted octanol–water partition coefficient (Wildman–Crippen LogP) is 0.785. The maximum absolute atomic E-state index is 13.4. The van der Waals surface area contributed by atoms with Crippen LogP contribution in [0.4, 0.5) is 13.2 Å². The Bertz CT molecular complexity index is 1230. The molecule has 1 aliphatic heterocycles. The highest BCUT2D eigenvalue weighted by Crippen LogP contribution is 2.30. The summed E-state index contributed by atoms with van der Waals surface area (Å²) in [5.41, 5.74) is 18.4. The zero-order valence-electron chi connectivity index (χ0n) is 23.9. The van der Waals surface area contributed by atoms with E-state index in [-0.39, 0.29) is 63.3 Å². The largest absolute Gasteiger partial charge is 0.491 e. The number of benzene rings is 2. The quantitative estimate of drug-likeness (QED) is 0.175. The molecule has 0 saturated carbocycles. The molecule has 0 aliphatic carbocycles. The lowest BCUT2D eigenvalue weighted by Crippen LogP contribution is -2.49. The zero-order valence-corrected chi connectivity index (χ0v) is 23.9. The van der Waals surface area contributed by atoms with Gasteiger partial charge in [-0.15, -0.1) is 0 Å². The Morgan fingerprint density at radius 3 is 2.28 bits per heavy atom. The number of aryl methyl sites for hydroxylation is 1. The number of alkyl halides is 3. The van der Waals surface area contributed by atoms with Crippen molar-refractivity contribution in [2.24, 2.45) is 17.2 Å². The number of rotatable bonds is 16. The minimum absolute atomic E-state index is 0.00450. The van der Waals surface area contributed by atoms with E-state index in [4.69, 9.17) is 21.9 Å². The molecule has 3 rings (SSSR count). The van der Waals surface area contributed by atoms with Crippen LogP contribution < -0.4 is 28.0 Å². The van der Waals surface area contributed by atoms with Crippen LogP contribution in [0.3, 0.4) is 0 Å². The van der Waals surface area contributed by atoms with E-state index < -0.39 is 43.0 Å². The van der Waals surface area contributed by atoms with Crippen molar-refractivity contribution in [1.29, 1.82) is 0 Å². The van der Waals surface area contributed by atoms with E-state index in [0.29, 0.717) is 24.1 Å². The summed E-state index contributed by atoms with van der Waals surface area (Å²) in [5.74, 6) is -1.18. The second-order valence-electron chi connectivity index (χ2n) is 10.5. The maximum Gasteiger partial charge on any atom is 0.491 e. The number of nitrogens with one attached hydrogen (secondary N) is 1. The van der Waals surface area contributed by atoms with Crippen LogP contribution in [0.2, 0.25) is 0 Å². The van der Waals surface area contributed by atoms with Crippen LogP contribution in [-0.2, 0) is 31.6 Å². The SMILES string of the molecule is NCCN(CCN)C(=O)CC[C@H](N)C(=O)N[C@H](CCc1ccc(C(F)(F)F)cc1)C(=O)CC[C@H]1OB(O)c2ccccc21. The Balaban J connectivity index is 1.65. The second-order valence-corrected chi connectivity index (χ2v) is 10.5. The molecule has 0 radical (unpaired) electrons. The highest BCUT2D eigenvalue weighted by atomic mass is 19.4. The first kappa shape index (κ1) is 34.2. The number of amides is 2. The van der Waals surface area contributed by atoms with Crippen LogP contribution in [0, 0.1) is 0 Å². The predicted molar refractivity (Wildman–Crippen MR) is 156 cm³/mol. The third-order valence-electron chi connectivity index (χ3n) is 7.42. The van der Waals surface area contributed by atoms with Gasteiger partial charge >= 0.3 is 13.3 Å². The minimum atomic E-state index is -4.47. The number of carbonyl (C=O) groups excluding carboxylic acids is 3. The average Bonchev–Trinajstić information content (AvgIpc) is 3.31. The average molecular weight is 605 g/mol. The lowest BCUT2D eigenvalue weighted by atomic mass is 9.79. The Kier molecular flexibility index (Phi) is 12.7. The van der Waals surface area contributed by atoms with Gasteiger partial charge in [-0.2, -0.15) is 13.2 Å². The fourth-order valence-electron chi connectivity index (χ4n) is 5.01. The number of hydrogen-bond donors (Lipinski definition) is 5. The molecule has 0 aromatic heterocycles. The van der Waals surface area contributed by atoms with Crippen molar-refractivity contribution in [3.8, 4) is 0 Å². The number of nitrogens with two attached hydrogens (primary N) is 3. The topological polar surface area (TPSA) is 174 Å². The number of ketones is 1. The lowest BCUT2D eigenvalue weighted by Gasteiger charge is -2.23. The van der Waals surface area contributed by atoms with Crippen molar-refractivity contribution in [2.75, 3.05) is 26.2 Å². The van der Waals surface area contributed by atoms with Crippen molar-refractivity contribution in [3.05, 3.63) is 65.2 Å². The second kappa shape index (κ2) is 16.0. The third-order valence-corrected chi connectivity index (χ3v) is 7.42. The molecule has 0 spiro atoms. The van der Waals surface area contributed by atoms with E-state index >= 15 is 0 Å². The van der Waals surface area contributed by atoms with Crippen molar-refractivity contribution in [3.63, 3.8) is 0 Å². The minimum Gasteiger partial charge on any atom is -0.423 e. The molecule has 0 fully saturated rings. The Morgan fingerprint density at radius 1 is 1.00 bits per heavy atom. The molecule has 0 saturated heterocycles. The van der Waals surface area contributed by atoms with E-state index in [9.17, 15) is 32.6 Å². The molecular formula is C29H39BF3N5O5. The molecule has 14 heteroatoms. The van der Waals surface area contributed by atoms with E-state index in [2.05, 4.69) is 5.32 Å². The molecular weight excluding hydrogens is 566 g/mol. The molecule has 0 unspecified atom stereocenters. The summed E-state index contributed by atoms with van der Waals surface area (Å²) in [7, 11) is -1.10.